The lowest BCUT2D eigenvalue weighted by Gasteiger charge is -2.32. The molecule has 0 unspecified atom stereocenters. The number of benzene rings is 3. The summed E-state index contributed by atoms with van der Waals surface area (Å²) in [4.78, 5) is 29.0. The molecule has 0 aromatic heterocycles. The van der Waals surface area contributed by atoms with E-state index in [0.717, 1.165) is 29.4 Å². The Morgan fingerprint density at radius 2 is 1.55 bits per heavy atom. The smallest absolute Gasteiger partial charge is 0.243 e. The van der Waals surface area contributed by atoms with E-state index in [-0.39, 0.29) is 49.6 Å². The number of sulfonamides is 1. The molecule has 2 atom stereocenters. The molecule has 3 aromatic rings. The molecule has 226 valence electrons. The van der Waals surface area contributed by atoms with Crippen LogP contribution < -0.4 is 9.62 Å². The summed E-state index contributed by atoms with van der Waals surface area (Å²) < 4.78 is 40.4. The number of halogens is 1. The topological polar surface area (TPSA) is 86.8 Å². The lowest BCUT2D eigenvalue weighted by Crippen LogP contribution is -2.52. The zero-order chi connectivity index (χ0) is 30.9. The molecule has 3 aromatic carbocycles. The van der Waals surface area contributed by atoms with Crippen LogP contribution in [0.4, 0.5) is 10.1 Å². The molecule has 0 aliphatic heterocycles. The van der Waals surface area contributed by atoms with Crippen molar-refractivity contribution in [3.05, 3.63) is 101 Å². The van der Waals surface area contributed by atoms with Gasteiger partial charge in [0.1, 0.15) is 11.9 Å². The van der Waals surface area contributed by atoms with Crippen molar-refractivity contribution in [2.75, 3.05) is 17.1 Å². The van der Waals surface area contributed by atoms with Crippen LogP contribution in [0.3, 0.4) is 0 Å². The predicted octanol–water partition coefficient (Wildman–Crippen LogP) is 5.54. The first kappa shape index (κ1) is 32.8. The average Bonchev–Trinajstić information content (AvgIpc) is 2.93. The second kappa shape index (κ2) is 15.0. The van der Waals surface area contributed by atoms with Gasteiger partial charge in [-0.25, -0.2) is 12.8 Å². The van der Waals surface area contributed by atoms with Gasteiger partial charge in [0, 0.05) is 32.0 Å². The largest absolute Gasteiger partial charge is 0.352 e. The van der Waals surface area contributed by atoms with Crippen LogP contribution in [-0.2, 0) is 32.6 Å². The SMILES string of the molecule is CC[C@@H](C)NC(=O)[C@H](Cc1ccccc1)N(Cc1ccc(F)cc1)C(=O)CCCN(c1cc(C)cc(C)c1)S(C)(=O)=O. The number of amides is 2. The minimum atomic E-state index is -3.60. The van der Waals surface area contributed by atoms with Crippen LogP contribution in [0.15, 0.2) is 72.8 Å². The first-order chi connectivity index (χ1) is 19.9. The molecule has 0 spiro atoms. The number of hydrogen-bond acceptors (Lipinski definition) is 4. The summed E-state index contributed by atoms with van der Waals surface area (Å²) in [5.41, 5.74) is 4.02. The third-order valence-corrected chi connectivity index (χ3v) is 8.38. The van der Waals surface area contributed by atoms with Crippen molar-refractivity contribution < 1.29 is 22.4 Å². The van der Waals surface area contributed by atoms with Crippen molar-refractivity contribution in [1.82, 2.24) is 10.2 Å². The van der Waals surface area contributed by atoms with E-state index < -0.39 is 16.1 Å². The lowest BCUT2D eigenvalue weighted by molar-refractivity contribution is -0.141. The van der Waals surface area contributed by atoms with E-state index in [1.807, 2.05) is 76.2 Å². The van der Waals surface area contributed by atoms with Gasteiger partial charge in [-0.1, -0.05) is 55.5 Å². The summed E-state index contributed by atoms with van der Waals surface area (Å²) in [7, 11) is -3.60. The van der Waals surface area contributed by atoms with Crippen LogP contribution in [0.1, 0.15) is 55.4 Å². The monoisotopic (exact) mass is 595 g/mol. The highest BCUT2D eigenvalue weighted by atomic mass is 32.2. The Hall–Kier alpha value is -3.72. The van der Waals surface area contributed by atoms with Crippen molar-refractivity contribution in [3.63, 3.8) is 0 Å². The Morgan fingerprint density at radius 1 is 0.929 bits per heavy atom. The van der Waals surface area contributed by atoms with Gasteiger partial charge in [-0.2, -0.15) is 0 Å². The molecule has 0 saturated carbocycles. The van der Waals surface area contributed by atoms with Crippen LogP contribution in [0.25, 0.3) is 0 Å². The molecule has 3 rings (SSSR count). The Morgan fingerprint density at radius 3 is 2.12 bits per heavy atom. The van der Waals surface area contributed by atoms with E-state index in [1.165, 1.54) is 16.4 Å². The number of rotatable bonds is 14. The molecule has 42 heavy (non-hydrogen) atoms. The number of aryl methyl sites for hydroxylation is 2. The standard InChI is InChI=1S/C33H42FN3O4S/c1-6-26(4)35-33(39)31(22-27-11-8-7-9-12-27)36(23-28-14-16-29(34)17-15-28)32(38)13-10-18-37(42(5,40)41)30-20-24(2)19-25(3)21-30/h7-9,11-12,14-17,19-21,26,31H,6,10,13,18,22-23H2,1-5H3,(H,35,39)/t26-,31+/m1/s1. The number of nitrogens with zero attached hydrogens (tertiary/aromatic N) is 2. The van der Waals surface area contributed by atoms with E-state index in [4.69, 9.17) is 0 Å². The maximum atomic E-state index is 13.9. The molecular formula is C33H42FN3O4S. The Bertz CT molecular complexity index is 1430. The van der Waals surface area contributed by atoms with Crippen LogP contribution in [-0.4, -0.2) is 50.0 Å². The van der Waals surface area contributed by atoms with Crippen molar-refractivity contribution in [1.29, 1.82) is 0 Å². The molecule has 1 N–H and O–H groups in total. The van der Waals surface area contributed by atoms with E-state index in [1.54, 1.807) is 17.0 Å². The number of carbonyl (C=O) groups is 2. The van der Waals surface area contributed by atoms with Crippen LogP contribution in [0.5, 0.6) is 0 Å². The van der Waals surface area contributed by atoms with Gasteiger partial charge < -0.3 is 10.2 Å². The lowest BCUT2D eigenvalue weighted by atomic mass is 10.0. The second-order valence-corrected chi connectivity index (χ2v) is 12.9. The minimum Gasteiger partial charge on any atom is -0.352 e. The quantitative estimate of drug-likeness (QED) is 0.265. The molecule has 0 heterocycles. The first-order valence-corrected chi connectivity index (χ1v) is 16.2. The van der Waals surface area contributed by atoms with Crippen LogP contribution >= 0.6 is 0 Å². The average molecular weight is 596 g/mol. The van der Waals surface area contributed by atoms with E-state index in [2.05, 4.69) is 5.32 Å². The van der Waals surface area contributed by atoms with Gasteiger partial charge in [0.25, 0.3) is 0 Å². The van der Waals surface area contributed by atoms with Crippen LogP contribution in [0, 0.1) is 19.7 Å². The summed E-state index contributed by atoms with van der Waals surface area (Å²) in [6, 6.07) is 20.1. The van der Waals surface area contributed by atoms with Gasteiger partial charge in [0.15, 0.2) is 0 Å². The van der Waals surface area contributed by atoms with Crippen molar-refractivity contribution in [2.24, 2.45) is 0 Å². The Balaban J connectivity index is 1.90. The Kier molecular flexibility index (Phi) is 11.7. The molecule has 0 bridgehead atoms. The highest BCUT2D eigenvalue weighted by molar-refractivity contribution is 7.92. The number of hydrogen-bond donors (Lipinski definition) is 1. The van der Waals surface area contributed by atoms with Gasteiger partial charge in [-0.3, -0.25) is 13.9 Å². The summed E-state index contributed by atoms with van der Waals surface area (Å²) in [5, 5.41) is 3.03. The fraction of sp³-hybridized carbons (Fsp3) is 0.394. The van der Waals surface area contributed by atoms with Gasteiger partial charge in [0.05, 0.1) is 11.9 Å². The van der Waals surface area contributed by atoms with Crippen molar-refractivity contribution in [3.8, 4) is 0 Å². The number of anilines is 1. The fourth-order valence-electron chi connectivity index (χ4n) is 4.88. The number of carbonyl (C=O) groups excluding carboxylic acids is 2. The molecule has 0 radical (unpaired) electrons. The third-order valence-electron chi connectivity index (χ3n) is 7.18. The van der Waals surface area contributed by atoms with Crippen molar-refractivity contribution in [2.45, 2.75) is 72.0 Å². The third kappa shape index (κ3) is 9.69. The fourth-order valence-corrected chi connectivity index (χ4v) is 5.83. The van der Waals surface area contributed by atoms with Gasteiger partial charge in [0.2, 0.25) is 21.8 Å². The second-order valence-electron chi connectivity index (χ2n) is 11.0. The number of nitrogens with one attached hydrogen (secondary N) is 1. The maximum absolute atomic E-state index is 13.9. The van der Waals surface area contributed by atoms with E-state index in [0.29, 0.717) is 17.7 Å². The van der Waals surface area contributed by atoms with Gasteiger partial charge in [-0.05, 0) is 80.1 Å². The van der Waals surface area contributed by atoms with Gasteiger partial charge in [-0.15, -0.1) is 0 Å². The molecular weight excluding hydrogens is 553 g/mol. The summed E-state index contributed by atoms with van der Waals surface area (Å²) in [6.07, 6.45) is 2.47. The zero-order valence-corrected chi connectivity index (χ0v) is 26.0. The summed E-state index contributed by atoms with van der Waals surface area (Å²) in [5.74, 6) is -0.940. The van der Waals surface area contributed by atoms with Crippen molar-refractivity contribution >= 4 is 27.5 Å². The minimum absolute atomic E-state index is 0.0277. The molecule has 9 heteroatoms. The molecule has 0 aliphatic rings. The molecule has 7 nitrogen and oxygen atoms in total. The van der Waals surface area contributed by atoms with E-state index in [9.17, 15) is 22.4 Å². The zero-order valence-electron chi connectivity index (χ0n) is 25.1. The highest BCUT2D eigenvalue weighted by Gasteiger charge is 2.31. The molecule has 2 amide bonds. The molecule has 0 fully saturated rings. The van der Waals surface area contributed by atoms with Crippen LogP contribution in [0.2, 0.25) is 0 Å². The Labute approximate surface area is 249 Å². The summed E-state index contributed by atoms with van der Waals surface area (Å²) in [6.45, 7) is 7.92. The highest BCUT2D eigenvalue weighted by Crippen LogP contribution is 2.23. The maximum Gasteiger partial charge on any atom is 0.243 e. The summed E-state index contributed by atoms with van der Waals surface area (Å²) >= 11 is 0. The normalized spacial score (nSPS) is 12.8. The first-order valence-electron chi connectivity index (χ1n) is 14.3. The molecule has 0 aliphatic carbocycles. The van der Waals surface area contributed by atoms with E-state index >= 15 is 0 Å². The van der Waals surface area contributed by atoms with Gasteiger partial charge >= 0.3 is 0 Å². The predicted molar refractivity (Wildman–Crippen MR) is 166 cm³/mol. The molecule has 0 saturated heterocycles.